The summed E-state index contributed by atoms with van der Waals surface area (Å²) in [4.78, 5) is 40.3. The van der Waals surface area contributed by atoms with E-state index >= 15 is 0 Å². The molecule has 2 saturated carbocycles. The van der Waals surface area contributed by atoms with Crippen LogP contribution >= 0.6 is 11.8 Å². The van der Waals surface area contributed by atoms with Gasteiger partial charge in [0.15, 0.2) is 11.5 Å². The summed E-state index contributed by atoms with van der Waals surface area (Å²) >= 11 is 1.42. The lowest BCUT2D eigenvalue weighted by Gasteiger charge is -2.56. The first-order chi connectivity index (χ1) is 18.8. The molecule has 2 heterocycles. The average Bonchev–Trinajstić information content (AvgIpc) is 3.25. The van der Waals surface area contributed by atoms with E-state index in [4.69, 9.17) is 10.5 Å². The van der Waals surface area contributed by atoms with Gasteiger partial charge in [-0.3, -0.25) is 9.59 Å². The highest BCUT2D eigenvalue weighted by Crippen LogP contribution is 2.72. The number of rotatable bonds is 7. The van der Waals surface area contributed by atoms with Crippen molar-refractivity contribution in [2.45, 2.75) is 62.6 Å². The number of aromatic carboxylic acids is 1. The highest BCUT2D eigenvalue weighted by Gasteiger charge is 2.72. The zero-order valence-electron chi connectivity index (χ0n) is 22.3. The number of ether oxygens (including phenoxy) is 1. The second-order valence-corrected chi connectivity index (χ2v) is 13.2. The Kier molecular flexibility index (Phi) is 6.01. The number of carbonyl (C=O) groups is 3. The van der Waals surface area contributed by atoms with E-state index in [1.807, 2.05) is 19.1 Å². The van der Waals surface area contributed by atoms with Crippen molar-refractivity contribution in [2.75, 3.05) is 11.1 Å². The predicted molar refractivity (Wildman–Crippen MR) is 149 cm³/mol. The molecule has 0 aromatic heterocycles. The van der Waals surface area contributed by atoms with E-state index in [1.54, 1.807) is 12.1 Å². The Morgan fingerprint density at radius 1 is 1.15 bits per heavy atom. The molecule has 2 saturated heterocycles. The van der Waals surface area contributed by atoms with Crippen LogP contribution < -0.4 is 11.1 Å². The summed E-state index contributed by atoms with van der Waals surface area (Å²) in [5.74, 6) is -2.79. The lowest BCUT2D eigenvalue weighted by molar-refractivity contribution is -0.169. The van der Waals surface area contributed by atoms with Gasteiger partial charge in [-0.1, -0.05) is 24.8 Å². The zero-order chi connectivity index (χ0) is 28.6. The first kappa shape index (κ1) is 26.7. The van der Waals surface area contributed by atoms with Crippen LogP contribution in [0.4, 0.5) is 11.4 Å². The number of nitrogen functional groups attached to an aromatic ring is 1. The van der Waals surface area contributed by atoms with Crippen molar-refractivity contribution in [3.05, 3.63) is 52.9 Å². The van der Waals surface area contributed by atoms with Gasteiger partial charge >= 0.3 is 5.97 Å². The third kappa shape index (κ3) is 3.99. The molecule has 1 spiro atoms. The van der Waals surface area contributed by atoms with Crippen LogP contribution in [0, 0.1) is 22.7 Å². The topological polar surface area (TPSA) is 159 Å². The highest BCUT2D eigenvalue weighted by molar-refractivity contribution is 8.04. The molecule has 40 heavy (non-hydrogen) atoms. The Balaban J connectivity index is 1.29. The lowest BCUT2D eigenvalue weighted by Crippen LogP contribution is -2.57. The number of ketones is 1. The number of anilines is 2. The van der Waals surface area contributed by atoms with Crippen molar-refractivity contribution >= 4 is 40.8 Å². The SMILES string of the molecule is C[C@]12C[C@@]34C=C(Sc5ccc(N)cc5)C(=O)[C@@](C)(CCC(=O)Nc5c(O)ccc(C(=O)O)c5O)[C@@H]3[C@H](C[C@@H]1C4)O2. The van der Waals surface area contributed by atoms with Gasteiger partial charge in [-0.25, -0.2) is 4.79 Å². The number of carboxylic acid groups (broad SMARTS) is 1. The number of carbonyl (C=O) groups excluding carboxylic acids is 2. The van der Waals surface area contributed by atoms with Crippen LogP contribution in [0.25, 0.3) is 0 Å². The highest BCUT2D eigenvalue weighted by atomic mass is 32.2. The van der Waals surface area contributed by atoms with Crippen molar-refractivity contribution in [3.8, 4) is 11.5 Å². The first-order valence-electron chi connectivity index (χ1n) is 13.4. The molecule has 4 bridgehead atoms. The fourth-order valence-corrected chi connectivity index (χ4v) is 9.10. The Morgan fingerprint density at radius 2 is 1.88 bits per heavy atom. The van der Waals surface area contributed by atoms with Crippen LogP contribution in [0.1, 0.15) is 56.3 Å². The van der Waals surface area contributed by atoms with E-state index in [2.05, 4.69) is 18.3 Å². The minimum atomic E-state index is -1.39. The number of phenols is 2. The molecule has 10 heteroatoms. The van der Waals surface area contributed by atoms with Gasteiger partial charge in [0.1, 0.15) is 17.0 Å². The number of phenolic OH excluding ortho intramolecular Hbond substituents is 1. The van der Waals surface area contributed by atoms with Crippen LogP contribution in [0.15, 0.2) is 52.3 Å². The molecule has 5 aliphatic rings. The Labute approximate surface area is 235 Å². The Bertz CT molecular complexity index is 1470. The first-order valence-corrected chi connectivity index (χ1v) is 14.2. The lowest BCUT2D eigenvalue weighted by atomic mass is 9.51. The summed E-state index contributed by atoms with van der Waals surface area (Å²) in [7, 11) is 0. The third-order valence-corrected chi connectivity index (χ3v) is 10.6. The summed E-state index contributed by atoms with van der Waals surface area (Å²) in [6, 6.07) is 9.56. The molecule has 9 nitrogen and oxygen atoms in total. The van der Waals surface area contributed by atoms with Crippen LogP contribution in [-0.4, -0.2) is 44.7 Å². The van der Waals surface area contributed by atoms with Crippen molar-refractivity contribution in [3.63, 3.8) is 0 Å². The van der Waals surface area contributed by atoms with Gasteiger partial charge in [-0.2, -0.15) is 0 Å². The number of carboxylic acids is 1. The smallest absolute Gasteiger partial charge is 0.339 e. The van der Waals surface area contributed by atoms with E-state index in [1.165, 1.54) is 11.8 Å². The molecule has 2 aromatic carbocycles. The zero-order valence-corrected chi connectivity index (χ0v) is 23.1. The second kappa shape index (κ2) is 9.01. The minimum absolute atomic E-state index is 0.0288. The molecule has 2 aliphatic heterocycles. The van der Waals surface area contributed by atoms with Crippen LogP contribution in [0.3, 0.4) is 0 Å². The van der Waals surface area contributed by atoms with Crippen molar-refractivity contribution in [2.24, 2.45) is 22.7 Å². The maximum Gasteiger partial charge on any atom is 0.339 e. The molecule has 6 atom stereocenters. The van der Waals surface area contributed by atoms with Gasteiger partial charge in [-0.15, -0.1) is 0 Å². The van der Waals surface area contributed by atoms with Gasteiger partial charge in [0, 0.05) is 28.3 Å². The Morgan fingerprint density at radius 3 is 2.55 bits per heavy atom. The number of nitrogens with two attached hydrogens (primary N) is 1. The van der Waals surface area contributed by atoms with Gasteiger partial charge in [-0.05, 0) is 80.3 Å². The molecular formula is C30H32N2O7S. The number of thioether (sulfide) groups is 1. The summed E-state index contributed by atoms with van der Waals surface area (Å²) in [6.07, 6.45) is 4.93. The molecule has 6 N–H and O–H groups in total. The number of Topliss-reactive ketones (excluding diaryl/α,β-unsaturated/α-hetero) is 1. The maximum atomic E-state index is 14.2. The van der Waals surface area contributed by atoms with Crippen LogP contribution in [0.2, 0.25) is 0 Å². The molecule has 7 rings (SSSR count). The number of benzene rings is 2. The van der Waals surface area contributed by atoms with Gasteiger partial charge < -0.3 is 31.1 Å². The number of hydrogen-bond acceptors (Lipinski definition) is 8. The predicted octanol–water partition coefficient (Wildman–Crippen LogP) is 4.94. The van der Waals surface area contributed by atoms with E-state index < -0.39 is 34.4 Å². The number of allylic oxidation sites excluding steroid dienone is 2. The van der Waals surface area contributed by atoms with Crippen molar-refractivity contribution < 1.29 is 34.4 Å². The molecule has 3 aliphatic carbocycles. The van der Waals surface area contributed by atoms with Gasteiger partial charge in [0.05, 0.1) is 16.6 Å². The van der Waals surface area contributed by atoms with E-state index in [-0.39, 0.29) is 47.4 Å². The van der Waals surface area contributed by atoms with Crippen molar-refractivity contribution in [1.29, 1.82) is 0 Å². The number of amides is 1. The summed E-state index contributed by atoms with van der Waals surface area (Å²) < 4.78 is 6.56. The summed E-state index contributed by atoms with van der Waals surface area (Å²) in [5.41, 5.74) is 4.39. The standard InChI is InChI=1S/C30H32N2O7S/c1-28(10-9-22(34)32-23-19(33)8-7-18(24(23)35)27(37)38)25-20-11-15-12-30(25,14-29(15,2)39-20)13-21(26(28)36)40-17-5-3-16(31)4-6-17/h3-8,13,15,20,25,33,35H,9-12,14,31H2,1-2H3,(H,32,34)(H,37,38)/t15-,20+,25+,28+,29+,30-/m1/s1. The van der Waals surface area contributed by atoms with Gasteiger partial charge in [0.25, 0.3) is 0 Å². The molecule has 4 fully saturated rings. The molecule has 1 amide bonds. The monoisotopic (exact) mass is 564 g/mol. The number of aromatic hydroxyl groups is 2. The fraction of sp³-hybridized carbons (Fsp3) is 0.433. The molecule has 2 aromatic rings. The molecule has 0 unspecified atom stereocenters. The minimum Gasteiger partial charge on any atom is -0.506 e. The van der Waals surface area contributed by atoms with Crippen LogP contribution in [0.5, 0.6) is 11.5 Å². The Hall–Kier alpha value is -3.50. The molecular weight excluding hydrogens is 532 g/mol. The quantitative estimate of drug-likeness (QED) is 0.232. The number of hydrogen-bond donors (Lipinski definition) is 5. The largest absolute Gasteiger partial charge is 0.506 e. The van der Waals surface area contributed by atoms with Crippen molar-refractivity contribution in [1.82, 2.24) is 0 Å². The normalized spacial score (nSPS) is 33.5. The van der Waals surface area contributed by atoms with E-state index in [9.17, 15) is 29.7 Å². The fourth-order valence-electron chi connectivity index (χ4n) is 7.95. The maximum absolute atomic E-state index is 14.2. The third-order valence-electron chi connectivity index (χ3n) is 9.58. The number of nitrogens with one attached hydrogen (secondary N) is 1. The van der Waals surface area contributed by atoms with E-state index in [0.29, 0.717) is 16.5 Å². The average molecular weight is 565 g/mol. The van der Waals surface area contributed by atoms with Crippen LogP contribution in [-0.2, 0) is 14.3 Å². The van der Waals surface area contributed by atoms with Gasteiger partial charge in [0.2, 0.25) is 5.91 Å². The van der Waals surface area contributed by atoms with E-state index in [0.717, 1.165) is 36.3 Å². The molecule has 210 valence electrons. The summed E-state index contributed by atoms with van der Waals surface area (Å²) in [5, 5.41) is 32.3. The summed E-state index contributed by atoms with van der Waals surface area (Å²) in [6.45, 7) is 4.11. The second-order valence-electron chi connectivity index (χ2n) is 12.1. The molecule has 0 radical (unpaired) electrons.